The van der Waals surface area contributed by atoms with Gasteiger partial charge in [0.05, 0.1) is 31.7 Å². The summed E-state index contributed by atoms with van der Waals surface area (Å²) in [6, 6.07) is 4.51. The van der Waals surface area contributed by atoms with E-state index >= 15 is 0 Å². The Morgan fingerprint density at radius 1 is 0.897 bits per heavy atom. The molecule has 0 radical (unpaired) electrons. The molecule has 3 aromatic rings. The molecule has 0 atom stereocenters. The van der Waals surface area contributed by atoms with E-state index in [1.807, 2.05) is 0 Å². The molecule has 1 heterocycles. The smallest absolute Gasteiger partial charge is 0.346 e. The molecule has 2 aromatic carbocycles. The van der Waals surface area contributed by atoms with E-state index in [1.54, 1.807) is 19.9 Å². The number of fused-ring (bicyclic) bond motifs is 1. The molecule has 0 N–H and O–H groups in total. The van der Waals surface area contributed by atoms with Gasteiger partial charge in [0.2, 0.25) is 0 Å². The van der Waals surface area contributed by atoms with Crippen LogP contribution in [0.3, 0.4) is 0 Å². The van der Waals surface area contributed by atoms with Crippen LogP contribution in [0.25, 0.3) is 11.0 Å². The van der Waals surface area contributed by atoms with Gasteiger partial charge in [0.15, 0.2) is 0 Å². The van der Waals surface area contributed by atoms with Crippen LogP contribution in [0.15, 0.2) is 22.6 Å². The van der Waals surface area contributed by atoms with Crippen LogP contribution in [-0.4, -0.2) is 18.5 Å². The summed E-state index contributed by atoms with van der Waals surface area (Å²) in [5.41, 5.74) is 0.439. The molecule has 3 rings (SSSR count). The first-order valence-corrected chi connectivity index (χ1v) is 10.00. The first kappa shape index (κ1) is 22.1. The van der Waals surface area contributed by atoms with Crippen molar-refractivity contribution in [1.82, 2.24) is 0 Å². The molecule has 0 aliphatic carbocycles. The summed E-state index contributed by atoms with van der Waals surface area (Å²) >= 11 is 30.1. The number of carbonyl (C=O) groups is 2. The molecule has 0 spiro atoms. The molecule has 0 bridgehead atoms. The molecule has 152 valence electrons. The molecule has 1 aromatic heterocycles. The van der Waals surface area contributed by atoms with Gasteiger partial charge in [-0.15, -0.1) is 0 Å². The molecule has 29 heavy (non-hydrogen) atoms. The molecule has 5 nitrogen and oxygen atoms in total. The zero-order valence-electron chi connectivity index (χ0n) is 14.9. The van der Waals surface area contributed by atoms with E-state index in [0.29, 0.717) is 16.7 Å². The van der Waals surface area contributed by atoms with Gasteiger partial charge in [-0.2, -0.15) is 0 Å². The van der Waals surface area contributed by atoms with Crippen LogP contribution in [0.4, 0.5) is 0 Å². The third-order valence-corrected chi connectivity index (χ3v) is 6.22. The fourth-order valence-electron chi connectivity index (χ4n) is 2.66. The summed E-state index contributed by atoms with van der Waals surface area (Å²) in [6.45, 7) is 3.53. The Kier molecular flexibility index (Phi) is 6.56. The van der Waals surface area contributed by atoms with Crippen LogP contribution < -0.4 is 4.74 Å². The van der Waals surface area contributed by atoms with Crippen molar-refractivity contribution in [2.75, 3.05) is 6.61 Å². The van der Waals surface area contributed by atoms with Crippen molar-refractivity contribution in [3.05, 3.63) is 60.2 Å². The van der Waals surface area contributed by atoms with Gasteiger partial charge >= 0.3 is 11.9 Å². The molecule has 0 saturated carbocycles. The molecule has 0 aliphatic heterocycles. The van der Waals surface area contributed by atoms with E-state index in [0.717, 1.165) is 0 Å². The van der Waals surface area contributed by atoms with Gasteiger partial charge in [-0.1, -0.05) is 58.0 Å². The minimum atomic E-state index is -0.905. The molecule has 0 aliphatic rings. The van der Waals surface area contributed by atoms with E-state index in [-0.39, 0.29) is 48.6 Å². The van der Waals surface area contributed by atoms with Crippen molar-refractivity contribution < 1.29 is 23.5 Å². The second kappa shape index (κ2) is 8.62. The molecular formula is C19H11Cl5O5. The highest BCUT2D eigenvalue weighted by molar-refractivity contribution is 6.56. The Hall–Kier alpha value is -1.63. The monoisotopic (exact) mass is 494 g/mol. The summed E-state index contributed by atoms with van der Waals surface area (Å²) in [5, 5.41) is -0.280. The number of ether oxygens (including phenoxy) is 2. The number of furan rings is 1. The average Bonchev–Trinajstić information content (AvgIpc) is 3.00. The second-order valence-corrected chi connectivity index (χ2v) is 7.64. The van der Waals surface area contributed by atoms with Crippen molar-refractivity contribution in [2.24, 2.45) is 0 Å². The molecule has 0 unspecified atom stereocenters. The number of aryl methyl sites for hydroxylation is 1. The number of hydrogen-bond acceptors (Lipinski definition) is 5. The van der Waals surface area contributed by atoms with Gasteiger partial charge in [0.25, 0.3) is 0 Å². The first-order valence-electron chi connectivity index (χ1n) is 8.11. The van der Waals surface area contributed by atoms with Crippen molar-refractivity contribution in [1.29, 1.82) is 0 Å². The van der Waals surface area contributed by atoms with E-state index in [4.69, 9.17) is 71.9 Å². The zero-order valence-corrected chi connectivity index (χ0v) is 18.6. The lowest BCUT2D eigenvalue weighted by Crippen LogP contribution is -2.11. The van der Waals surface area contributed by atoms with Gasteiger partial charge in [-0.05, 0) is 32.0 Å². The van der Waals surface area contributed by atoms with E-state index in [2.05, 4.69) is 0 Å². The number of esters is 2. The maximum Gasteiger partial charge on any atom is 0.346 e. The number of hydrogen-bond donors (Lipinski definition) is 0. The van der Waals surface area contributed by atoms with Crippen LogP contribution in [0, 0.1) is 6.92 Å². The highest BCUT2D eigenvalue weighted by atomic mass is 35.5. The van der Waals surface area contributed by atoms with E-state index in [1.165, 1.54) is 12.1 Å². The van der Waals surface area contributed by atoms with Gasteiger partial charge in [0, 0.05) is 5.39 Å². The maximum absolute atomic E-state index is 12.7. The lowest BCUT2D eigenvalue weighted by atomic mass is 10.1. The highest BCUT2D eigenvalue weighted by Crippen LogP contribution is 2.44. The Morgan fingerprint density at radius 3 is 2.07 bits per heavy atom. The normalized spacial score (nSPS) is 11.0. The van der Waals surface area contributed by atoms with Crippen LogP contribution in [-0.2, 0) is 4.74 Å². The zero-order chi connectivity index (χ0) is 21.5. The average molecular weight is 497 g/mol. The third kappa shape index (κ3) is 4.03. The first-order chi connectivity index (χ1) is 13.7. The van der Waals surface area contributed by atoms with Crippen LogP contribution in [0.2, 0.25) is 25.1 Å². The highest BCUT2D eigenvalue weighted by Gasteiger charge is 2.26. The Bertz CT molecular complexity index is 1120. The van der Waals surface area contributed by atoms with Gasteiger partial charge < -0.3 is 13.9 Å². The third-order valence-electron chi connectivity index (χ3n) is 3.94. The van der Waals surface area contributed by atoms with Crippen molar-refractivity contribution in [3.8, 4) is 5.75 Å². The quantitative estimate of drug-likeness (QED) is 0.163. The minimum absolute atomic E-state index is 0.0748. The summed E-state index contributed by atoms with van der Waals surface area (Å²) in [4.78, 5) is 24.9. The number of carbonyl (C=O) groups excluding carboxylic acids is 2. The second-order valence-electron chi connectivity index (χ2n) is 5.75. The Labute approximate surface area is 190 Å². The topological polar surface area (TPSA) is 65.7 Å². The predicted octanol–water partition coefficient (Wildman–Crippen LogP) is 7.40. The Balaban J connectivity index is 2.02. The van der Waals surface area contributed by atoms with Crippen molar-refractivity contribution >= 4 is 80.9 Å². The fraction of sp³-hybridized carbons (Fsp3) is 0.158. The van der Waals surface area contributed by atoms with E-state index < -0.39 is 11.9 Å². The summed E-state index contributed by atoms with van der Waals surface area (Å²) in [6.07, 6.45) is 0. The largest absolute Gasteiger partial charge is 0.462 e. The van der Waals surface area contributed by atoms with E-state index in [9.17, 15) is 9.59 Å². The summed E-state index contributed by atoms with van der Waals surface area (Å²) < 4.78 is 16.0. The molecular weight excluding hydrogens is 485 g/mol. The fourth-order valence-corrected chi connectivity index (χ4v) is 3.95. The van der Waals surface area contributed by atoms with Crippen molar-refractivity contribution in [2.45, 2.75) is 13.8 Å². The molecule has 0 fully saturated rings. The van der Waals surface area contributed by atoms with Gasteiger partial charge in [0.1, 0.15) is 28.2 Å². The molecule has 10 heteroatoms. The van der Waals surface area contributed by atoms with Gasteiger partial charge in [-0.3, -0.25) is 0 Å². The lowest BCUT2D eigenvalue weighted by molar-refractivity contribution is 0.0526. The predicted molar refractivity (Wildman–Crippen MR) is 113 cm³/mol. The van der Waals surface area contributed by atoms with Crippen LogP contribution in [0.5, 0.6) is 5.75 Å². The molecule has 0 saturated heterocycles. The standard InChI is InChI=1S/C19H11Cl5O5/c1-3-27-18(25)11-7(2)28-10-5-4-8(6-9(10)11)29-19(26)12-13(20)15(22)17(24)16(23)14(12)21/h4-6H,3H2,1-2H3. The minimum Gasteiger partial charge on any atom is -0.462 e. The molecule has 0 amide bonds. The summed E-state index contributed by atoms with van der Waals surface area (Å²) in [7, 11) is 0. The Morgan fingerprint density at radius 2 is 1.48 bits per heavy atom. The van der Waals surface area contributed by atoms with Crippen LogP contribution in [0.1, 0.15) is 33.4 Å². The summed E-state index contributed by atoms with van der Waals surface area (Å²) in [5.74, 6) is -0.959. The maximum atomic E-state index is 12.7. The number of rotatable bonds is 4. The van der Waals surface area contributed by atoms with Crippen molar-refractivity contribution in [3.63, 3.8) is 0 Å². The number of benzene rings is 2. The number of halogens is 5. The lowest BCUT2D eigenvalue weighted by Gasteiger charge is -2.12. The van der Waals surface area contributed by atoms with Gasteiger partial charge in [-0.25, -0.2) is 9.59 Å². The van der Waals surface area contributed by atoms with Crippen LogP contribution >= 0.6 is 58.0 Å². The SMILES string of the molecule is CCOC(=O)c1c(C)oc2ccc(OC(=O)c3c(Cl)c(Cl)c(Cl)c(Cl)c3Cl)cc12.